The molecule has 1 fully saturated rings. The highest BCUT2D eigenvalue weighted by Gasteiger charge is 2.24. The van der Waals surface area contributed by atoms with E-state index in [4.69, 9.17) is 4.74 Å². The highest BCUT2D eigenvalue weighted by atomic mass is 16.5. The molecule has 0 N–H and O–H groups in total. The van der Waals surface area contributed by atoms with Gasteiger partial charge in [-0.3, -0.25) is 9.69 Å². The van der Waals surface area contributed by atoms with Crippen LogP contribution in [0.2, 0.25) is 0 Å². The van der Waals surface area contributed by atoms with Crippen molar-refractivity contribution in [2.45, 2.75) is 19.4 Å². The zero-order valence-electron chi connectivity index (χ0n) is 11.3. The lowest BCUT2D eigenvalue weighted by Gasteiger charge is -2.33. The van der Waals surface area contributed by atoms with Crippen LogP contribution in [0.1, 0.15) is 23.7 Å². The van der Waals surface area contributed by atoms with Gasteiger partial charge in [0.05, 0.1) is 19.8 Å². The second-order valence-electron chi connectivity index (χ2n) is 4.62. The molecule has 0 radical (unpaired) electrons. The predicted molar refractivity (Wildman–Crippen MR) is 75.0 cm³/mol. The van der Waals surface area contributed by atoms with Gasteiger partial charge in [-0.2, -0.15) is 0 Å². The highest BCUT2D eigenvalue weighted by Crippen LogP contribution is 2.13. The van der Waals surface area contributed by atoms with Crippen LogP contribution in [-0.4, -0.2) is 43.0 Å². The van der Waals surface area contributed by atoms with Crippen molar-refractivity contribution in [3.63, 3.8) is 0 Å². The van der Waals surface area contributed by atoms with E-state index >= 15 is 0 Å². The van der Waals surface area contributed by atoms with Crippen molar-refractivity contribution in [3.8, 4) is 11.8 Å². The van der Waals surface area contributed by atoms with Gasteiger partial charge < -0.3 is 4.74 Å². The van der Waals surface area contributed by atoms with Crippen LogP contribution in [0.4, 0.5) is 0 Å². The van der Waals surface area contributed by atoms with Gasteiger partial charge in [-0.1, -0.05) is 36.3 Å². The molecule has 0 bridgehead atoms. The summed E-state index contributed by atoms with van der Waals surface area (Å²) in [5, 5.41) is 0. The quantitative estimate of drug-likeness (QED) is 0.610. The van der Waals surface area contributed by atoms with Gasteiger partial charge in [0.1, 0.15) is 0 Å². The van der Waals surface area contributed by atoms with E-state index in [2.05, 4.69) is 16.7 Å². The minimum Gasteiger partial charge on any atom is -0.378 e. The molecule has 3 nitrogen and oxygen atoms in total. The van der Waals surface area contributed by atoms with Crippen LogP contribution in [-0.2, 0) is 4.74 Å². The summed E-state index contributed by atoms with van der Waals surface area (Å²) in [4.78, 5) is 14.5. The Hall–Kier alpha value is -1.63. The maximum Gasteiger partial charge on any atom is 0.164 e. The van der Waals surface area contributed by atoms with Gasteiger partial charge in [0, 0.05) is 24.6 Å². The van der Waals surface area contributed by atoms with E-state index in [1.54, 1.807) is 0 Å². The first kappa shape index (κ1) is 13.8. The summed E-state index contributed by atoms with van der Waals surface area (Å²) in [5.41, 5.74) is 0.773. The van der Waals surface area contributed by atoms with Gasteiger partial charge in [-0.05, 0) is 6.92 Å². The average Bonchev–Trinajstić information content (AvgIpc) is 2.47. The third-order valence-corrected chi connectivity index (χ3v) is 3.33. The lowest BCUT2D eigenvalue weighted by molar-refractivity contribution is -0.00204. The summed E-state index contributed by atoms with van der Waals surface area (Å²) in [5.74, 6) is 6.14. The number of ether oxygens (including phenoxy) is 1. The maximum atomic E-state index is 12.2. The molecule has 0 saturated carbocycles. The minimum absolute atomic E-state index is 0.141. The van der Waals surface area contributed by atoms with Gasteiger partial charge >= 0.3 is 0 Å². The van der Waals surface area contributed by atoms with E-state index in [0.29, 0.717) is 19.6 Å². The second kappa shape index (κ2) is 7.08. The first-order chi connectivity index (χ1) is 9.31. The molecule has 3 heteroatoms. The molecule has 1 aliphatic heterocycles. The normalized spacial score (nSPS) is 19.5. The molecule has 19 heavy (non-hydrogen) atoms. The summed E-state index contributed by atoms with van der Waals surface area (Å²) in [6.07, 6.45) is 0.495. The molecule has 1 heterocycles. The third-order valence-electron chi connectivity index (χ3n) is 3.33. The van der Waals surface area contributed by atoms with Gasteiger partial charge in [-0.15, -0.1) is 5.92 Å². The fourth-order valence-electron chi connectivity index (χ4n) is 2.22. The van der Waals surface area contributed by atoms with Gasteiger partial charge in [0.2, 0.25) is 0 Å². The number of benzene rings is 1. The number of carbonyl (C=O) groups is 1. The van der Waals surface area contributed by atoms with Crippen LogP contribution < -0.4 is 0 Å². The highest BCUT2D eigenvalue weighted by molar-refractivity contribution is 5.96. The average molecular weight is 257 g/mol. The molecule has 2 rings (SSSR count). The molecular weight excluding hydrogens is 238 g/mol. The molecule has 0 aromatic heterocycles. The molecule has 1 atom stereocenters. The number of hydrogen-bond acceptors (Lipinski definition) is 3. The van der Waals surface area contributed by atoms with Crippen LogP contribution in [0.25, 0.3) is 0 Å². The van der Waals surface area contributed by atoms with E-state index in [0.717, 1.165) is 18.7 Å². The lowest BCUT2D eigenvalue weighted by Crippen LogP contribution is -2.46. The number of rotatable bonds is 4. The first-order valence-corrected chi connectivity index (χ1v) is 6.61. The molecule has 0 amide bonds. The largest absolute Gasteiger partial charge is 0.378 e. The number of Topliss-reactive ketones (excluding diaryl/α,β-unsaturated/α-hetero) is 1. The van der Waals surface area contributed by atoms with Crippen molar-refractivity contribution in [2.75, 3.05) is 26.3 Å². The topological polar surface area (TPSA) is 29.5 Å². The molecule has 1 aliphatic rings. The number of ketones is 1. The Morgan fingerprint density at radius 3 is 2.95 bits per heavy atom. The third kappa shape index (κ3) is 3.92. The smallest absolute Gasteiger partial charge is 0.164 e. The molecule has 0 aliphatic carbocycles. The first-order valence-electron chi connectivity index (χ1n) is 6.61. The van der Waals surface area contributed by atoms with Crippen LogP contribution in [0.3, 0.4) is 0 Å². The summed E-state index contributed by atoms with van der Waals surface area (Å²) >= 11 is 0. The maximum absolute atomic E-state index is 12.2. The van der Waals surface area contributed by atoms with Gasteiger partial charge in [-0.25, -0.2) is 0 Å². The number of carbonyl (C=O) groups excluding carboxylic acids is 1. The Morgan fingerprint density at radius 2 is 2.21 bits per heavy atom. The van der Waals surface area contributed by atoms with Crippen LogP contribution in [0.5, 0.6) is 0 Å². The summed E-state index contributed by atoms with van der Waals surface area (Å²) in [7, 11) is 0. The van der Waals surface area contributed by atoms with Crippen LogP contribution >= 0.6 is 0 Å². The van der Waals surface area contributed by atoms with Gasteiger partial charge in [0.25, 0.3) is 0 Å². The van der Waals surface area contributed by atoms with Crippen molar-refractivity contribution in [1.29, 1.82) is 0 Å². The zero-order chi connectivity index (χ0) is 13.5. The van der Waals surface area contributed by atoms with Crippen molar-refractivity contribution in [3.05, 3.63) is 35.9 Å². The van der Waals surface area contributed by atoms with E-state index in [9.17, 15) is 4.79 Å². The Bertz CT molecular complexity index is 473. The number of nitrogens with zero attached hydrogens (tertiary/aromatic N) is 1. The van der Waals surface area contributed by atoms with E-state index in [-0.39, 0.29) is 11.8 Å². The number of hydrogen-bond donors (Lipinski definition) is 0. The van der Waals surface area contributed by atoms with Crippen molar-refractivity contribution in [2.24, 2.45) is 0 Å². The standard InChI is InChI=1S/C16H19NO2/c1-2-3-9-17-10-11-19-13-15(17)12-16(18)14-7-5-4-6-8-14/h4-8,15H,9-13H2,1H3. The fourth-order valence-corrected chi connectivity index (χ4v) is 2.22. The lowest BCUT2D eigenvalue weighted by atomic mass is 10.0. The summed E-state index contributed by atoms with van der Waals surface area (Å²) in [6.45, 7) is 4.74. The van der Waals surface area contributed by atoms with E-state index < -0.39 is 0 Å². The van der Waals surface area contributed by atoms with E-state index in [1.807, 2.05) is 37.3 Å². The molecule has 1 aromatic carbocycles. The monoisotopic (exact) mass is 257 g/mol. The molecule has 1 saturated heterocycles. The van der Waals surface area contributed by atoms with Gasteiger partial charge in [0.15, 0.2) is 5.78 Å². The summed E-state index contributed by atoms with van der Waals surface area (Å²) < 4.78 is 5.49. The Morgan fingerprint density at radius 1 is 1.42 bits per heavy atom. The Kier molecular flexibility index (Phi) is 5.14. The molecule has 1 unspecified atom stereocenters. The molecule has 1 aromatic rings. The Labute approximate surface area is 114 Å². The fraction of sp³-hybridized carbons (Fsp3) is 0.438. The molecule has 0 spiro atoms. The minimum atomic E-state index is 0.141. The van der Waals surface area contributed by atoms with Crippen molar-refractivity contribution in [1.82, 2.24) is 4.90 Å². The van der Waals surface area contributed by atoms with E-state index in [1.165, 1.54) is 0 Å². The van der Waals surface area contributed by atoms with Crippen LogP contribution in [0.15, 0.2) is 30.3 Å². The number of morpholine rings is 1. The van der Waals surface area contributed by atoms with Crippen LogP contribution in [0, 0.1) is 11.8 Å². The van der Waals surface area contributed by atoms with Crippen molar-refractivity contribution >= 4 is 5.78 Å². The second-order valence-corrected chi connectivity index (χ2v) is 4.62. The molecule has 100 valence electrons. The molecular formula is C16H19NO2. The SMILES string of the molecule is CC#CCN1CCOCC1CC(=O)c1ccccc1. The Balaban J connectivity index is 1.98. The zero-order valence-corrected chi connectivity index (χ0v) is 11.3. The summed E-state index contributed by atoms with van der Waals surface area (Å²) in [6, 6.07) is 9.58. The van der Waals surface area contributed by atoms with Crippen molar-refractivity contribution < 1.29 is 9.53 Å². The predicted octanol–water partition coefficient (Wildman–Crippen LogP) is 1.98.